The quantitative estimate of drug-likeness (QED) is 0.428. The SMILES string of the molecule is CCn1nc(C(=O)N/N=C/c2ccc(SC)cc2)c2ccccc2c1=O. The summed E-state index contributed by atoms with van der Waals surface area (Å²) >= 11 is 1.66. The number of hydrazone groups is 1. The molecule has 26 heavy (non-hydrogen) atoms. The summed E-state index contributed by atoms with van der Waals surface area (Å²) in [5.74, 6) is -0.458. The molecule has 0 atom stereocenters. The van der Waals surface area contributed by atoms with Gasteiger partial charge in [0.25, 0.3) is 11.5 Å². The highest BCUT2D eigenvalue weighted by molar-refractivity contribution is 7.98. The number of nitrogens with zero attached hydrogens (tertiary/aromatic N) is 3. The molecule has 3 rings (SSSR count). The molecular weight excluding hydrogens is 348 g/mol. The van der Waals surface area contributed by atoms with E-state index in [0.717, 1.165) is 10.5 Å². The lowest BCUT2D eigenvalue weighted by Crippen LogP contribution is -2.28. The Morgan fingerprint density at radius 3 is 2.54 bits per heavy atom. The molecule has 7 heteroatoms. The van der Waals surface area contributed by atoms with Gasteiger partial charge in [-0.1, -0.05) is 30.3 Å². The zero-order valence-corrected chi connectivity index (χ0v) is 15.3. The molecule has 1 amide bonds. The highest BCUT2D eigenvalue weighted by atomic mass is 32.2. The monoisotopic (exact) mass is 366 g/mol. The van der Waals surface area contributed by atoms with Crippen LogP contribution >= 0.6 is 11.8 Å². The van der Waals surface area contributed by atoms with Crippen molar-refractivity contribution < 1.29 is 4.79 Å². The summed E-state index contributed by atoms with van der Waals surface area (Å²) < 4.78 is 1.28. The van der Waals surface area contributed by atoms with Crippen LogP contribution in [0.4, 0.5) is 0 Å². The van der Waals surface area contributed by atoms with E-state index in [1.165, 1.54) is 4.68 Å². The molecule has 132 valence electrons. The van der Waals surface area contributed by atoms with Gasteiger partial charge in [-0.25, -0.2) is 10.1 Å². The Balaban J connectivity index is 1.86. The van der Waals surface area contributed by atoms with Crippen LogP contribution in [0.3, 0.4) is 0 Å². The average Bonchev–Trinajstić information content (AvgIpc) is 2.69. The minimum Gasteiger partial charge on any atom is -0.267 e. The summed E-state index contributed by atoms with van der Waals surface area (Å²) in [6.45, 7) is 2.19. The lowest BCUT2D eigenvalue weighted by Gasteiger charge is -2.08. The van der Waals surface area contributed by atoms with Crippen LogP contribution in [0.5, 0.6) is 0 Å². The third-order valence-corrected chi connectivity index (χ3v) is 4.62. The Morgan fingerprint density at radius 1 is 1.19 bits per heavy atom. The Labute approximate surface area is 154 Å². The normalized spacial score (nSPS) is 11.2. The minimum absolute atomic E-state index is 0.178. The Kier molecular flexibility index (Phi) is 5.48. The van der Waals surface area contributed by atoms with Crippen LogP contribution in [-0.2, 0) is 6.54 Å². The van der Waals surface area contributed by atoms with E-state index in [2.05, 4.69) is 15.6 Å². The van der Waals surface area contributed by atoms with Crippen molar-refractivity contribution in [1.29, 1.82) is 0 Å². The van der Waals surface area contributed by atoms with Gasteiger partial charge in [0, 0.05) is 16.8 Å². The van der Waals surface area contributed by atoms with Crippen LogP contribution in [0.25, 0.3) is 10.8 Å². The van der Waals surface area contributed by atoms with Gasteiger partial charge in [-0.05, 0) is 36.9 Å². The highest BCUT2D eigenvalue weighted by Crippen LogP contribution is 2.14. The maximum absolute atomic E-state index is 12.5. The van der Waals surface area contributed by atoms with Gasteiger partial charge in [-0.15, -0.1) is 11.8 Å². The van der Waals surface area contributed by atoms with Crippen LogP contribution < -0.4 is 11.0 Å². The van der Waals surface area contributed by atoms with E-state index < -0.39 is 5.91 Å². The van der Waals surface area contributed by atoms with E-state index in [1.807, 2.05) is 30.5 Å². The third-order valence-electron chi connectivity index (χ3n) is 3.88. The van der Waals surface area contributed by atoms with Gasteiger partial charge in [-0.2, -0.15) is 10.2 Å². The fraction of sp³-hybridized carbons (Fsp3) is 0.158. The van der Waals surface area contributed by atoms with E-state index in [1.54, 1.807) is 49.2 Å². The molecule has 0 aliphatic rings. The first-order chi connectivity index (χ1) is 12.6. The number of fused-ring (bicyclic) bond motifs is 1. The standard InChI is InChI=1S/C19H18N4O2S/c1-3-23-19(25)16-7-5-4-6-15(16)17(22-23)18(24)21-20-12-13-8-10-14(26-2)11-9-13/h4-12H,3H2,1-2H3,(H,21,24)/b20-12+. The van der Waals surface area contributed by atoms with E-state index in [9.17, 15) is 9.59 Å². The first-order valence-electron chi connectivity index (χ1n) is 8.11. The van der Waals surface area contributed by atoms with Crippen molar-refractivity contribution in [3.63, 3.8) is 0 Å². The second kappa shape index (κ2) is 7.97. The molecule has 0 saturated carbocycles. The molecule has 1 heterocycles. The summed E-state index contributed by atoms with van der Waals surface area (Å²) in [4.78, 5) is 26.0. The van der Waals surface area contributed by atoms with Crippen molar-refractivity contribution in [2.75, 3.05) is 6.26 Å². The molecule has 6 nitrogen and oxygen atoms in total. The van der Waals surface area contributed by atoms with Crippen molar-refractivity contribution in [3.05, 3.63) is 70.1 Å². The number of thioether (sulfide) groups is 1. The fourth-order valence-electron chi connectivity index (χ4n) is 2.53. The molecule has 0 radical (unpaired) electrons. The molecule has 0 bridgehead atoms. The molecule has 3 aromatic rings. The van der Waals surface area contributed by atoms with Gasteiger partial charge < -0.3 is 0 Å². The van der Waals surface area contributed by atoms with Gasteiger partial charge in [0.2, 0.25) is 0 Å². The number of benzene rings is 2. The predicted molar refractivity (Wildman–Crippen MR) is 105 cm³/mol. The van der Waals surface area contributed by atoms with Crippen LogP contribution in [0, 0.1) is 0 Å². The Bertz CT molecular complexity index is 1030. The van der Waals surface area contributed by atoms with Gasteiger partial charge >= 0.3 is 0 Å². The molecule has 0 saturated heterocycles. The minimum atomic E-state index is -0.458. The van der Waals surface area contributed by atoms with Crippen LogP contribution in [0.15, 0.2) is 63.3 Å². The molecule has 0 unspecified atom stereocenters. The number of nitrogens with one attached hydrogen (secondary N) is 1. The molecule has 1 aromatic heterocycles. The van der Waals surface area contributed by atoms with Crippen molar-refractivity contribution in [3.8, 4) is 0 Å². The fourth-order valence-corrected chi connectivity index (χ4v) is 2.93. The number of aryl methyl sites for hydroxylation is 1. The number of amides is 1. The number of carbonyl (C=O) groups is 1. The first kappa shape index (κ1) is 17.9. The lowest BCUT2D eigenvalue weighted by molar-refractivity contribution is 0.0949. The van der Waals surface area contributed by atoms with Gasteiger partial charge in [0.15, 0.2) is 5.69 Å². The largest absolute Gasteiger partial charge is 0.292 e. The van der Waals surface area contributed by atoms with Gasteiger partial charge in [-0.3, -0.25) is 9.59 Å². The summed E-state index contributed by atoms with van der Waals surface area (Å²) in [5.41, 5.74) is 3.33. The zero-order chi connectivity index (χ0) is 18.5. The van der Waals surface area contributed by atoms with E-state index >= 15 is 0 Å². The molecule has 0 aliphatic heterocycles. The van der Waals surface area contributed by atoms with Crippen molar-refractivity contribution in [2.24, 2.45) is 5.10 Å². The molecule has 0 aliphatic carbocycles. The molecule has 1 N–H and O–H groups in total. The second-order valence-corrected chi connectivity index (χ2v) is 6.37. The topological polar surface area (TPSA) is 76.3 Å². The van der Waals surface area contributed by atoms with Crippen molar-refractivity contribution in [2.45, 2.75) is 18.4 Å². The summed E-state index contributed by atoms with van der Waals surface area (Å²) in [6.07, 6.45) is 3.58. The van der Waals surface area contributed by atoms with E-state index in [4.69, 9.17) is 0 Å². The summed E-state index contributed by atoms with van der Waals surface area (Å²) in [7, 11) is 0. The van der Waals surface area contributed by atoms with Gasteiger partial charge in [0.05, 0.1) is 11.6 Å². The van der Waals surface area contributed by atoms with Crippen molar-refractivity contribution in [1.82, 2.24) is 15.2 Å². The second-order valence-electron chi connectivity index (χ2n) is 5.49. The summed E-state index contributed by atoms with van der Waals surface area (Å²) in [6, 6.07) is 14.8. The number of aromatic nitrogens is 2. The van der Waals surface area contributed by atoms with Crippen molar-refractivity contribution >= 4 is 34.7 Å². The predicted octanol–water partition coefficient (Wildman–Crippen LogP) is 2.90. The molecule has 0 spiro atoms. The molecule has 0 fully saturated rings. The van der Waals surface area contributed by atoms with Crippen LogP contribution in [-0.4, -0.2) is 28.2 Å². The number of rotatable bonds is 5. The Morgan fingerprint density at radius 2 is 1.88 bits per heavy atom. The average molecular weight is 366 g/mol. The highest BCUT2D eigenvalue weighted by Gasteiger charge is 2.15. The molecule has 2 aromatic carbocycles. The number of hydrogen-bond acceptors (Lipinski definition) is 5. The first-order valence-corrected chi connectivity index (χ1v) is 9.34. The van der Waals surface area contributed by atoms with Crippen LogP contribution in [0.2, 0.25) is 0 Å². The number of carbonyl (C=O) groups excluding carboxylic acids is 1. The maximum Gasteiger partial charge on any atom is 0.292 e. The lowest BCUT2D eigenvalue weighted by atomic mass is 10.1. The maximum atomic E-state index is 12.5. The van der Waals surface area contributed by atoms with Crippen LogP contribution in [0.1, 0.15) is 23.0 Å². The van der Waals surface area contributed by atoms with E-state index in [-0.39, 0.29) is 11.3 Å². The summed E-state index contributed by atoms with van der Waals surface area (Å²) in [5, 5.41) is 9.16. The van der Waals surface area contributed by atoms with Gasteiger partial charge in [0.1, 0.15) is 0 Å². The Hall–Kier alpha value is -2.93. The molecular formula is C19H18N4O2S. The zero-order valence-electron chi connectivity index (χ0n) is 14.5. The smallest absolute Gasteiger partial charge is 0.267 e. The van der Waals surface area contributed by atoms with E-state index in [0.29, 0.717) is 17.3 Å². The number of hydrogen-bond donors (Lipinski definition) is 1. The third kappa shape index (κ3) is 3.67.